The van der Waals surface area contributed by atoms with Crippen LogP contribution in [0.3, 0.4) is 0 Å². The lowest BCUT2D eigenvalue weighted by Gasteiger charge is -2.46. The first-order chi connectivity index (χ1) is 11.7. The molecule has 138 valence electrons. The number of pyridine rings is 1. The van der Waals surface area contributed by atoms with Crippen LogP contribution in [0.1, 0.15) is 37.0 Å². The second-order valence-corrected chi connectivity index (χ2v) is 10.1. The first-order valence-corrected chi connectivity index (χ1v) is 10.7. The molecule has 0 saturated carbocycles. The molecule has 0 bridgehead atoms. The Morgan fingerprint density at radius 1 is 1.28 bits per heavy atom. The Balaban J connectivity index is 1.59. The third-order valence-electron chi connectivity index (χ3n) is 5.19. The highest BCUT2D eigenvalue weighted by molar-refractivity contribution is 7.92. The van der Waals surface area contributed by atoms with E-state index in [0.717, 1.165) is 25.2 Å². The van der Waals surface area contributed by atoms with Crippen molar-refractivity contribution in [1.29, 1.82) is 0 Å². The van der Waals surface area contributed by atoms with Crippen molar-refractivity contribution < 1.29 is 13.2 Å². The number of carbonyl (C=O) groups excluding carboxylic acids is 1. The summed E-state index contributed by atoms with van der Waals surface area (Å²) in [6.45, 7) is 6.49. The zero-order valence-electron chi connectivity index (χ0n) is 15.2. The fourth-order valence-electron chi connectivity index (χ4n) is 3.93. The van der Waals surface area contributed by atoms with Gasteiger partial charge in [0, 0.05) is 38.3 Å². The number of likely N-dealkylation sites (tertiary alicyclic amines) is 1. The standard InChI is InChI=1S/C18H27N3O3S/c1-14(2)11-20(3)16-5-4-15(10-19-16)17(22)21-8-6-18(7-9-21)12-25(23,24)13-18/h4-5,10,14H,6-9,11-13H2,1-3H3. The quantitative estimate of drug-likeness (QED) is 0.814. The number of carbonyl (C=O) groups is 1. The molecule has 2 aliphatic heterocycles. The number of amides is 1. The highest BCUT2D eigenvalue weighted by Crippen LogP contribution is 2.42. The molecule has 0 unspecified atom stereocenters. The Morgan fingerprint density at radius 2 is 1.92 bits per heavy atom. The van der Waals surface area contributed by atoms with Gasteiger partial charge in [-0.15, -0.1) is 0 Å². The second-order valence-electron chi connectivity index (χ2n) is 8.00. The van der Waals surface area contributed by atoms with Crippen LogP contribution in [-0.2, 0) is 9.84 Å². The van der Waals surface area contributed by atoms with Crippen LogP contribution in [0.4, 0.5) is 5.82 Å². The first-order valence-electron chi connectivity index (χ1n) is 8.87. The molecule has 2 saturated heterocycles. The maximum atomic E-state index is 12.7. The van der Waals surface area contributed by atoms with Crippen molar-refractivity contribution in [2.24, 2.45) is 11.3 Å². The molecule has 0 aromatic carbocycles. The lowest BCUT2D eigenvalue weighted by Crippen LogP contribution is -2.55. The van der Waals surface area contributed by atoms with Crippen LogP contribution in [0.5, 0.6) is 0 Å². The maximum absolute atomic E-state index is 12.7. The number of nitrogens with zero attached hydrogens (tertiary/aromatic N) is 3. The average Bonchev–Trinajstić information content (AvgIpc) is 2.52. The van der Waals surface area contributed by atoms with E-state index in [1.54, 1.807) is 6.20 Å². The van der Waals surface area contributed by atoms with E-state index in [9.17, 15) is 13.2 Å². The first kappa shape index (κ1) is 18.2. The molecular formula is C18H27N3O3S. The van der Waals surface area contributed by atoms with Crippen LogP contribution in [-0.4, -0.2) is 62.4 Å². The topological polar surface area (TPSA) is 70.6 Å². The fraction of sp³-hybridized carbons (Fsp3) is 0.667. The number of rotatable bonds is 4. The van der Waals surface area contributed by atoms with Crippen LogP contribution in [0.15, 0.2) is 18.3 Å². The van der Waals surface area contributed by atoms with Gasteiger partial charge in [-0.2, -0.15) is 0 Å². The minimum atomic E-state index is -2.82. The van der Waals surface area contributed by atoms with Crippen molar-refractivity contribution in [1.82, 2.24) is 9.88 Å². The van der Waals surface area contributed by atoms with Crippen LogP contribution in [0, 0.1) is 11.3 Å². The Bertz CT molecular complexity index is 721. The summed E-state index contributed by atoms with van der Waals surface area (Å²) in [5.41, 5.74) is 0.524. The fourth-order valence-corrected chi connectivity index (χ4v) is 6.28. The highest BCUT2D eigenvalue weighted by atomic mass is 32.2. The van der Waals surface area contributed by atoms with Gasteiger partial charge < -0.3 is 9.80 Å². The third kappa shape index (κ3) is 3.97. The van der Waals surface area contributed by atoms with Crippen molar-refractivity contribution in [3.8, 4) is 0 Å². The summed E-state index contributed by atoms with van der Waals surface area (Å²) in [5, 5.41) is 0. The summed E-state index contributed by atoms with van der Waals surface area (Å²) in [6, 6.07) is 3.72. The molecule has 2 aliphatic rings. The Labute approximate surface area is 150 Å². The molecule has 0 atom stereocenters. The van der Waals surface area contributed by atoms with Gasteiger partial charge in [0.05, 0.1) is 17.1 Å². The largest absolute Gasteiger partial charge is 0.359 e. The Kier molecular flexibility index (Phi) is 4.79. The van der Waals surface area contributed by atoms with E-state index < -0.39 is 9.84 Å². The highest BCUT2D eigenvalue weighted by Gasteiger charge is 2.49. The molecule has 1 aromatic rings. The van der Waals surface area contributed by atoms with E-state index in [-0.39, 0.29) is 11.3 Å². The predicted octanol–water partition coefficient (Wildman–Crippen LogP) is 1.82. The van der Waals surface area contributed by atoms with Crippen molar-refractivity contribution in [3.05, 3.63) is 23.9 Å². The van der Waals surface area contributed by atoms with Crippen molar-refractivity contribution in [2.45, 2.75) is 26.7 Å². The number of sulfone groups is 1. The zero-order valence-corrected chi connectivity index (χ0v) is 16.1. The van der Waals surface area contributed by atoms with E-state index in [0.29, 0.717) is 36.1 Å². The van der Waals surface area contributed by atoms with Crippen molar-refractivity contribution in [2.75, 3.05) is 43.1 Å². The molecule has 25 heavy (non-hydrogen) atoms. The Hall–Kier alpha value is -1.63. The van der Waals surface area contributed by atoms with E-state index >= 15 is 0 Å². The zero-order chi connectivity index (χ0) is 18.2. The number of anilines is 1. The van der Waals surface area contributed by atoms with Crippen LogP contribution >= 0.6 is 0 Å². The molecule has 6 nitrogen and oxygen atoms in total. The number of aromatic nitrogens is 1. The van der Waals surface area contributed by atoms with Gasteiger partial charge in [0.25, 0.3) is 5.91 Å². The summed E-state index contributed by atoms with van der Waals surface area (Å²) < 4.78 is 22.9. The van der Waals surface area contributed by atoms with Gasteiger partial charge in [-0.05, 0) is 30.9 Å². The Morgan fingerprint density at radius 3 is 2.40 bits per heavy atom. The molecule has 1 aromatic heterocycles. The predicted molar refractivity (Wildman–Crippen MR) is 98.6 cm³/mol. The lowest BCUT2D eigenvalue weighted by molar-refractivity contribution is 0.0620. The third-order valence-corrected chi connectivity index (χ3v) is 7.29. The molecule has 3 rings (SSSR count). The molecule has 0 N–H and O–H groups in total. The normalized spacial score (nSPS) is 21.2. The van der Waals surface area contributed by atoms with E-state index in [1.807, 2.05) is 24.1 Å². The van der Waals surface area contributed by atoms with Gasteiger partial charge >= 0.3 is 0 Å². The van der Waals surface area contributed by atoms with Gasteiger partial charge in [-0.3, -0.25) is 4.79 Å². The summed E-state index contributed by atoms with van der Waals surface area (Å²) in [6.07, 6.45) is 3.20. The second kappa shape index (κ2) is 6.59. The molecule has 2 fully saturated rings. The van der Waals surface area contributed by atoms with Gasteiger partial charge in [0.1, 0.15) is 5.82 Å². The van der Waals surface area contributed by atoms with Gasteiger partial charge in [-0.1, -0.05) is 13.8 Å². The smallest absolute Gasteiger partial charge is 0.255 e. The molecule has 1 amide bonds. The number of hydrogen-bond donors (Lipinski definition) is 0. The molecule has 0 aliphatic carbocycles. The summed E-state index contributed by atoms with van der Waals surface area (Å²) in [5.74, 6) is 1.98. The van der Waals surface area contributed by atoms with E-state index in [4.69, 9.17) is 0 Å². The minimum absolute atomic E-state index is 0.0115. The summed E-state index contributed by atoms with van der Waals surface area (Å²) in [7, 11) is -0.819. The lowest BCUT2D eigenvalue weighted by atomic mass is 9.81. The van der Waals surface area contributed by atoms with Crippen LogP contribution in [0.2, 0.25) is 0 Å². The molecule has 7 heteroatoms. The molecule has 1 spiro atoms. The van der Waals surface area contributed by atoms with Crippen LogP contribution in [0.25, 0.3) is 0 Å². The average molecular weight is 365 g/mol. The SMILES string of the molecule is CC(C)CN(C)c1ccc(C(=O)N2CCC3(CC2)CS(=O)(=O)C3)cn1. The van der Waals surface area contributed by atoms with Crippen molar-refractivity contribution in [3.63, 3.8) is 0 Å². The molecular weight excluding hydrogens is 338 g/mol. The number of piperidine rings is 1. The van der Waals surface area contributed by atoms with Crippen LogP contribution < -0.4 is 4.90 Å². The number of hydrogen-bond acceptors (Lipinski definition) is 5. The molecule has 3 heterocycles. The summed E-state index contributed by atoms with van der Waals surface area (Å²) >= 11 is 0. The van der Waals surface area contributed by atoms with Gasteiger partial charge in [0.2, 0.25) is 0 Å². The van der Waals surface area contributed by atoms with Crippen molar-refractivity contribution >= 4 is 21.6 Å². The monoisotopic (exact) mass is 365 g/mol. The van der Waals surface area contributed by atoms with Gasteiger partial charge in [0.15, 0.2) is 9.84 Å². The summed E-state index contributed by atoms with van der Waals surface area (Å²) in [4.78, 5) is 21.0. The molecule has 0 radical (unpaired) electrons. The van der Waals surface area contributed by atoms with E-state index in [1.165, 1.54) is 0 Å². The minimum Gasteiger partial charge on any atom is -0.359 e. The van der Waals surface area contributed by atoms with Gasteiger partial charge in [-0.25, -0.2) is 13.4 Å². The maximum Gasteiger partial charge on any atom is 0.255 e. The van der Waals surface area contributed by atoms with E-state index in [2.05, 4.69) is 23.7 Å².